The largest absolute Gasteiger partial charge is 0.338 e. The molecular formula is C15H19ClN4OS. The molecule has 118 valence electrons. The second-order valence-corrected chi connectivity index (χ2v) is 7.47. The molecule has 2 aromatic rings. The van der Waals surface area contributed by atoms with Crippen LogP contribution in [0.1, 0.15) is 34.2 Å². The van der Waals surface area contributed by atoms with E-state index in [1.807, 2.05) is 29.5 Å². The number of thiophene rings is 1. The fourth-order valence-electron chi connectivity index (χ4n) is 2.96. The quantitative estimate of drug-likeness (QED) is 0.863. The van der Waals surface area contributed by atoms with E-state index in [0.29, 0.717) is 10.3 Å². The molecule has 1 saturated heterocycles. The van der Waals surface area contributed by atoms with Crippen LogP contribution in [0.4, 0.5) is 0 Å². The van der Waals surface area contributed by atoms with Crippen molar-refractivity contribution in [3.63, 3.8) is 0 Å². The predicted octanol–water partition coefficient (Wildman–Crippen LogP) is 3.16. The first-order valence-electron chi connectivity index (χ1n) is 7.45. The van der Waals surface area contributed by atoms with Crippen LogP contribution >= 0.6 is 22.9 Å². The number of aryl methyl sites for hydroxylation is 2. The van der Waals surface area contributed by atoms with Gasteiger partial charge in [0.1, 0.15) is 11.6 Å². The fourth-order valence-corrected chi connectivity index (χ4v) is 3.97. The summed E-state index contributed by atoms with van der Waals surface area (Å²) in [6.45, 7) is 6.29. The van der Waals surface area contributed by atoms with Gasteiger partial charge in [-0.05, 0) is 44.7 Å². The number of amides is 1. The summed E-state index contributed by atoms with van der Waals surface area (Å²) in [4.78, 5) is 19.5. The molecule has 0 N–H and O–H groups in total. The van der Waals surface area contributed by atoms with E-state index >= 15 is 0 Å². The van der Waals surface area contributed by atoms with Crippen molar-refractivity contribution in [2.75, 3.05) is 13.1 Å². The van der Waals surface area contributed by atoms with Crippen molar-refractivity contribution in [2.45, 2.75) is 33.2 Å². The van der Waals surface area contributed by atoms with Crippen molar-refractivity contribution < 1.29 is 4.79 Å². The van der Waals surface area contributed by atoms with Crippen LogP contribution in [0, 0.1) is 19.8 Å². The summed E-state index contributed by atoms with van der Waals surface area (Å²) in [6, 6.07) is 3.59. The smallest absolute Gasteiger partial charge is 0.263 e. The van der Waals surface area contributed by atoms with E-state index in [0.717, 1.165) is 49.0 Å². The molecule has 0 bridgehead atoms. The summed E-state index contributed by atoms with van der Waals surface area (Å²) in [6.07, 6.45) is 2.15. The lowest BCUT2D eigenvalue weighted by atomic mass is 9.98. The Morgan fingerprint density at radius 1 is 1.45 bits per heavy atom. The molecule has 0 aromatic carbocycles. The highest BCUT2D eigenvalue weighted by atomic mass is 35.5. The number of hydrogen-bond donors (Lipinski definition) is 0. The lowest BCUT2D eigenvalue weighted by molar-refractivity contribution is 0.0664. The summed E-state index contributed by atoms with van der Waals surface area (Å²) in [5, 5.41) is 4.42. The maximum Gasteiger partial charge on any atom is 0.263 e. The number of piperidine rings is 1. The minimum Gasteiger partial charge on any atom is -0.338 e. The Morgan fingerprint density at radius 2 is 2.27 bits per heavy atom. The molecule has 1 amide bonds. The SMILES string of the molecule is Cc1nc(C)n(C[C@@H]2CCCN(C(=O)c3ccc(Cl)s3)C2)n1. The highest BCUT2D eigenvalue weighted by molar-refractivity contribution is 7.17. The highest BCUT2D eigenvalue weighted by Gasteiger charge is 2.26. The molecule has 0 unspecified atom stereocenters. The Morgan fingerprint density at radius 3 is 2.91 bits per heavy atom. The summed E-state index contributed by atoms with van der Waals surface area (Å²) >= 11 is 7.28. The average molecular weight is 339 g/mol. The second-order valence-electron chi connectivity index (χ2n) is 5.75. The van der Waals surface area contributed by atoms with Crippen molar-refractivity contribution in [1.82, 2.24) is 19.7 Å². The number of rotatable bonds is 3. The molecule has 0 spiro atoms. The molecule has 1 fully saturated rings. The van der Waals surface area contributed by atoms with Gasteiger partial charge in [0, 0.05) is 19.6 Å². The molecular weight excluding hydrogens is 320 g/mol. The van der Waals surface area contributed by atoms with Gasteiger partial charge in [-0.15, -0.1) is 11.3 Å². The maximum absolute atomic E-state index is 12.5. The van der Waals surface area contributed by atoms with Gasteiger partial charge >= 0.3 is 0 Å². The van der Waals surface area contributed by atoms with Gasteiger partial charge in [-0.1, -0.05) is 11.6 Å². The number of hydrogen-bond acceptors (Lipinski definition) is 4. The predicted molar refractivity (Wildman–Crippen MR) is 87.5 cm³/mol. The van der Waals surface area contributed by atoms with E-state index < -0.39 is 0 Å². The lowest BCUT2D eigenvalue weighted by Gasteiger charge is -2.32. The molecule has 1 atom stereocenters. The number of halogens is 1. The molecule has 2 aromatic heterocycles. The first-order chi connectivity index (χ1) is 10.5. The fraction of sp³-hybridized carbons (Fsp3) is 0.533. The summed E-state index contributed by atoms with van der Waals surface area (Å²) in [5.41, 5.74) is 0. The van der Waals surface area contributed by atoms with E-state index in [2.05, 4.69) is 10.1 Å². The van der Waals surface area contributed by atoms with Gasteiger partial charge in [-0.25, -0.2) is 9.67 Å². The average Bonchev–Trinajstić information content (AvgIpc) is 3.05. The van der Waals surface area contributed by atoms with Crippen LogP contribution in [-0.4, -0.2) is 38.7 Å². The van der Waals surface area contributed by atoms with Crippen LogP contribution in [-0.2, 0) is 6.54 Å². The zero-order chi connectivity index (χ0) is 15.7. The van der Waals surface area contributed by atoms with Gasteiger partial charge < -0.3 is 4.90 Å². The van der Waals surface area contributed by atoms with E-state index in [9.17, 15) is 4.79 Å². The second kappa shape index (κ2) is 6.38. The Balaban J connectivity index is 1.66. The van der Waals surface area contributed by atoms with Crippen LogP contribution in [0.5, 0.6) is 0 Å². The van der Waals surface area contributed by atoms with Crippen LogP contribution in [0.3, 0.4) is 0 Å². The monoisotopic (exact) mass is 338 g/mol. The van der Waals surface area contributed by atoms with Crippen molar-refractivity contribution in [3.8, 4) is 0 Å². The molecule has 22 heavy (non-hydrogen) atoms. The number of aromatic nitrogens is 3. The van der Waals surface area contributed by atoms with Gasteiger partial charge in [0.05, 0.1) is 9.21 Å². The number of nitrogens with zero attached hydrogens (tertiary/aromatic N) is 4. The van der Waals surface area contributed by atoms with Crippen molar-refractivity contribution in [2.24, 2.45) is 5.92 Å². The summed E-state index contributed by atoms with van der Waals surface area (Å²) in [5.74, 6) is 2.25. The minimum absolute atomic E-state index is 0.0908. The molecule has 5 nitrogen and oxygen atoms in total. The Hall–Kier alpha value is -1.40. The third-order valence-corrected chi connectivity index (χ3v) is 5.20. The molecule has 0 saturated carbocycles. The van der Waals surface area contributed by atoms with Gasteiger partial charge in [0.15, 0.2) is 0 Å². The Bertz CT molecular complexity index is 681. The van der Waals surface area contributed by atoms with E-state index in [-0.39, 0.29) is 5.91 Å². The molecule has 3 heterocycles. The van der Waals surface area contributed by atoms with Gasteiger partial charge in [-0.3, -0.25) is 4.79 Å². The summed E-state index contributed by atoms with van der Waals surface area (Å²) in [7, 11) is 0. The van der Waals surface area contributed by atoms with Crippen LogP contribution < -0.4 is 0 Å². The molecule has 3 rings (SSSR count). The normalized spacial score (nSPS) is 18.7. The third kappa shape index (κ3) is 3.33. The van der Waals surface area contributed by atoms with Gasteiger partial charge in [-0.2, -0.15) is 5.10 Å². The van der Waals surface area contributed by atoms with Crippen molar-refractivity contribution in [1.29, 1.82) is 0 Å². The third-order valence-electron chi connectivity index (χ3n) is 3.98. The highest BCUT2D eigenvalue weighted by Crippen LogP contribution is 2.25. The molecule has 7 heteroatoms. The molecule has 0 aliphatic carbocycles. The first kappa shape index (κ1) is 15.5. The van der Waals surface area contributed by atoms with Gasteiger partial charge in [0.25, 0.3) is 5.91 Å². The van der Waals surface area contributed by atoms with E-state index in [4.69, 9.17) is 11.6 Å². The molecule has 1 aliphatic heterocycles. The van der Waals surface area contributed by atoms with E-state index in [1.54, 1.807) is 6.07 Å². The number of likely N-dealkylation sites (tertiary alicyclic amines) is 1. The van der Waals surface area contributed by atoms with Crippen molar-refractivity contribution in [3.05, 3.63) is 33.0 Å². The van der Waals surface area contributed by atoms with Gasteiger partial charge in [0.2, 0.25) is 0 Å². The Kier molecular flexibility index (Phi) is 4.49. The number of carbonyl (C=O) groups excluding carboxylic acids is 1. The molecule has 0 radical (unpaired) electrons. The maximum atomic E-state index is 12.5. The lowest BCUT2D eigenvalue weighted by Crippen LogP contribution is -2.41. The number of carbonyl (C=O) groups is 1. The minimum atomic E-state index is 0.0908. The first-order valence-corrected chi connectivity index (χ1v) is 8.65. The van der Waals surface area contributed by atoms with Crippen LogP contribution in [0.2, 0.25) is 4.34 Å². The topological polar surface area (TPSA) is 51.0 Å². The Labute approximate surface area is 138 Å². The molecule has 1 aliphatic rings. The van der Waals surface area contributed by atoms with Crippen LogP contribution in [0.15, 0.2) is 12.1 Å². The zero-order valence-electron chi connectivity index (χ0n) is 12.8. The van der Waals surface area contributed by atoms with Crippen LogP contribution in [0.25, 0.3) is 0 Å². The van der Waals surface area contributed by atoms with E-state index in [1.165, 1.54) is 11.3 Å². The van der Waals surface area contributed by atoms with Crippen molar-refractivity contribution >= 4 is 28.8 Å². The standard InChI is InChI=1S/C15H19ClN4OS/c1-10-17-11(2)20(18-10)9-12-4-3-7-19(8-12)15(21)13-5-6-14(16)22-13/h5-6,12H,3-4,7-9H2,1-2H3/t12-/m1/s1. The zero-order valence-corrected chi connectivity index (χ0v) is 14.3. The summed E-state index contributed by atoms with van der Waals surface area (Å²) < 4.78 is 2.61.